The van der Waals surface area contributed by atoms with Crippen molar-refractivity contribution in [3.63, 3.8) is 0 Å². The summed E-state index contributed by atoms with van der Waals surface area (Å²) in [6.07, 6.45) is -0.261. The van der Waals surface area contributed by atoms with Crippen molar-refractivity contribution in [2.75, 3.05) is 0 Å². The molecule has 3 N–H and O–H groups in total. The Labute approximate surface area is 121 Å². The van der Waals surface area contributed by atoms with Crippen LogP contribution in [0.3, 0.4) is 0 Å². The Morgan fingerprint density at radius 1 is 1.40 bits per heavy atom. The van der Waals surface area contributed by atoms with E-state index in [4.69, 9.17) is 5.11 Å². The Balaban J connectivity index is 2.46. The Bertz CT molecular complexity index is 496. The molecule has 0 bridgehead atoms. The molecular weight excluding hydrogens is 280 g/mol. The van der Waals surface area contributed by atoms with Crippen molar-refractivity contribution in [1.82, 2.24) is 10.6 Å². The van der Waals surface area contributed by atoms with Gasteiger partial charge in [0.1, 0.15) is 0 Å². The van der Waals surface area contributed by atoms with E-state index in [0.29, 0.717) is 0 Å². The minimum Gasteiger partial charge on any atom is -0.481 e. The number of hydrogen-bond donors (Lipinski definition) is 3. The smallest absolute Gasteiger partial charge is 0.321 e. The lowest BCUT2D eigenvalue weighted by atomic mass is 9.89. The van der Waals surface area contributed by atoms with Crippen molar-refractivity contribution in [2.24, 2.45) is 5.41 Å². The second kappa shape index (κ2) is 6.51. The van der Waals surface area contributed by atoms with Crippen molar-refractivity contribution in [3.05, 3.63) is 22.4 Å². The predicted octanol–water partition coefficient (Wildman–Crippen LogP) is 2.14. The van der Waals surface area contributed by atoms with Gasteiger partial charge in [-0.05, 0) is 43.2 Å². The number of hydrogen-bond acceptors (Lipinski definition) is 4. The highest BCUT2D eigenvalue weighted by Crippen LogP contribution is 2.20. The van der Waals surface area contributed by atoms with Gasteiger partial charge in [0.05, 0.1) is 11.5 Å². The molecule has 1 heterocycles. The number of carbonyl (C=O) groups excluding carboxylic acids is 2. The maximum Gasteiger partial charge on any atom is 0.321 e. The second-order valence-electron chi connectivity index (χ2n) is 5.17. The van der Waals surface area contributed by atoms with Gasteiger partial charge in [-0.2, -0.15) is 11.3 Å². The molecular formula is C13H18N2O4S. The van der Waals surface area contributed by atoms with E-state index in [9.17, 15) is 14.4 Å². The molecule has 1 aromatic heterocycles. The Hall–Kier alpha value is -1.89. The highest BCUT2D eigenvalue weighted by molar-refractivity contribution is 7.07. The molecule has 0 aromatic carbocycles. The van der Waals surface area contributed by atoms with E-state index in [1.54, 1.807) is 6.92 Å². The van der Waals surface area contributed by atoms with Crippen LogP contribution in [0.15, 0.2) is 16.8 Å². The SMILES string of the molecule is CC(NC(=O)NC(=O)CC(C)(C)C(=O)O)c1ccsc1. The molecule has 0 fully saturated rings. The average molecular weight is 298 g/mol. The summed E-state index contributed by atoms with van der Waals surface area (Å²) in [5.41, 5.74) is -0.257. The number of aliphatic carboxylic acids is 1. The fourth-order valence-electron chi connectivity index (χ4n) is 1.49. The number of rotatable bonds is 5. The first-order valence-corrected chi connectivity index (χ1v) is 7.02. The van der Waals surface area contributed by atoms with Crippen LogP contribution in [0.5, 0.6) is 0 Å². The van der Waals surface area contributed by atoms with Crippen LogP contribution in [0.1, 0.15) is 38.8 Å². The minimum atomic E-state index is -1.21. The number of carboxylic acids is 1. The number of carboxylic acid groups (broad SMARTS) is 1. The van der Waals surface area contributed by atoms with Gasteiger partial charge in [-0.1, -0.05) is 0 Å². The zero-order valence-corrected chi connectivity index (χ0v) is 12.4. The van der Waals surface area contributed by atoms with Crippen LogP contribution < -0.4 is 10.6 Å². The first-order chi connectivity index (χ1) is 9.22. The number of carbonyl (C=O) groups is 3. The fourth-order valence-corrected chi connectivity index (χ4v) is 2.24. The van der Waals surface area contributed by atoms with Gasteiger partial charge in [0.2, 0.25) is 5.91 Å². The number of nitrogens with one attached hydrogen (secondary N) is 2. The molecule has 6 nitrogen and oxygen atoms in total. The fraction of sp³-hybridized carbons (Fsp3) is 0.462. The van der Waals surface area contributed by atoms with E-state index in [0.717, 1.165) is 5.56 Å². The van der Waals surface area contributed by atoms with Crippen molar-refractivity contribution in [1.29, 1.82) is 0 Å². The van der Waals surface area contributed by atoms with Crippen LogP contribution in [0.4, 0.5) is 4.79 Å². The molecule has 0 aliphatic carbocycles. The lowest BCUT2D eigenvalue weighted by Crippen LogP contribution is -2.42. The zero-order valence-electron chi connectivity index (χ0n) is 11.6. The molecule has 1 rings (SSSR count). The van der Waals surface area contributed by atoms with Crippen LogP contribution in [0.25, 0.3) is 0 Å². The summed E-state index contributed by atoms with van der Waals surface area (Å²) in [7, 11) is 0. The highest BCUT2D eigenvalue weighted by atomic mass is 32.1. The third-order valence-electron chi connectivity index (χ3n) is 2.83. The van der Waals surface area contributed by atoms with Gasteiger partial charge in [0, 0.05) is 6.42 Å². The van der Waals surface area contributed by atoms with E-state index in [2.05, 4.69) is 10.6 Å². The summed E-state index contributed by atoms with van der Waals surface area (Å²) in [4.78, 5) is 34.1. The summed E-state index contributed by atoms with van der Waals surface area (Å²) in [5, 5.41) is 17.5. The summed E-state index contributed by atoms with van der Waals surface area (Å²) in [6.45, 7) is 4.66. The van der Waals surface area contributed by atoms with E-state index in [-0.39, 0.29) is 12.5 Å². The van der Waals surface area contributed by atoms with Gasteiger partial charge < -0.3 is 10.4 Å². The summed E-state index contributed by atoms with van der Waals surface area (Å²) in [6, 6.07) is 1.03. The largest absolute Gasteiger partial charge is 0.481 e. The molecule has 0 aliphatic rings. The van der Waals surface area contributed by atoms with E-state index < -0.39 is 23.3 Å². The van der Waals surface area contributed by atoms with Crippen LogP contribution in [-0.4, -0.2) is 23.0 Å². The molecule has 110 valence electrons. The van der Waals surface area contributed by atoms with Crippen molar-refractivity contribution < 1.29 is 19.5 Å². The number of imide groups is 1. The van der Waals surface area contributed by atoms with Crippen LogP contribution in [0.2, 0.25) is 0 Å². The standard InChI is InChI=1S/C13H18N2O4S/c1-8(9-4-5-20-7-9)14-12(19)15-10(16)6-13(2,3)11(17)18/h4-5,7-8H,6H2,1-3H3,(H,17,18)(H2,14,15,16,19). The third kappa shape index (κ3) is 4.65. The Morgan fingerprint density at radius 2 is 2.05 bits per heavy atom. The summed E-state index contributed by atoms with van der Waals surface area (Å²) in [5.74, 6) is -1.70. The molecule has 20 heavy (non-hydrogen) atoms. The average Bonchev–Trinajstić information content (AvgIpc) is 2.80. The Kier molecular flexibility index (Phi) is 5.26. The molecule has 1 unspecified atom stereocenters. The third-order valence-corrected chi connectivity index (χ3v) is 3.53. The number of amides is 3. The second-order valence-corrected chi connectivity index (χ2v) is 5.95. The molecule has 1 atom stereocenters. The zero-order chi connectivity index (χ0) is 15.3. The monoisotopic (exact) mass is 298 g/mol. The maximum absolute atomic E-state index is 11.6. The van der Waals surface area contributed by atoms with Crippen molar-refractivity contribution in [2.45, 2.75) is 33.2 Å². The molecule has 0 saturated heterocycles. The van der Waals surface area contributed by atoms with Crippen LogP contribution in [0, 0.1) is 5.41 Å². The van der Waals surface area contributed by atoms with Crippen LogP contribution in [-0.2, 0) is 9.59 Å². The van der Waals surface area contributed by atoms with Crippen molar-refractivity contribution >= 4 is 29.2 Å². The van der Waals surface area contributed by atoms with Gasteiger partial charge in [-0.3, -0.25) is 14.9 Å². The summed E-state index contributed by atoms with van der Waals surface area (Å²) >= 11 is 1.52. The first kappa shape index (κ1) is 16.2. The molecule has 0 radical (unpaired) electrons. The number of thiophene rings is 1. The minimum absolute atomic E-state index is 0.221. The van der Waals surface area contributed by atoms with Gasteiger partial charge in [0.15, 0.2) is 0 Å². The van der Waals surface area contributed by atoms with E-state index >= 15 is 0 Å². The van der Waals surface area contributed by atoms with Crippen molar-refractivity contribution in [3.8, 4) is 0 Å². The molecule has 3 amide bonds. The summed E-state index contributed by atoms with van der Waals surface area (Å²) < 4.78 is 0. The molecule has 1 aromatic rings. The van der Waals surface area contributed by atoms with Gasteiger partial charge in [0.25, 0.3) is 0 Å². The molecule has 0 spiro atoms. The quantitative estimate of drug-likeness (QED) is 0.776. The van der Waals surface area contributed by atoms with Gasteiger partial charge in [-0.15, -0.1) is 0 Å². The highest BCUT2D eigenvalue weighted by Gasteiger charge is 2.30. The lowest BCUT2D eigenvalue weighted by molar-refractivity contribution is -0.149. The molecule has 0 aliphatic heterocycles. The first-order valence-electron chi connectivity index (χ1n) is 6.08. The van der Waals surface area contributed by atoms with E-state index in [1.807, 2.05) is 16.8 Å². The van der Waals surface area contributed by atoms with Gasteiger partial charge >= 0.3 is 12.0 Å². The van der Waals surface area contributed by atoms with Gasteiger partial charge in [-0.25, -0.2) is 4.79 Å². The topological polar surface area (TPSA) is 95.5 Å². The van der Waals surface area contributed by atoms with E-state index in [1.165, 1.54) is 25.2 Å². The molecule has 0 saturated carbocycles. The van der Waals surface area contributed by atoms with Crippen LogP contribution >= 0.6 is 11.3 Å². The Morgan fingerprint density at radius 3 is 2.55 bits per heavy atom. The maximum atomic E-state index is 11.6. The predicted molar refractivity (Wildman–Crippen MR) is 75.4 cm³/mol. The number of urea groups is 1. The molecule has 7 heteroatoms. The lowest BCUT2D eigenvalue weighted by Gasteiger charge is -2.18. The normalized spacial score (nSPS) is 12.6.